The van der Waals surface area contributed by atoms with Crippen LogP contribution >= 0.6 is 0 Å². The van der Waals surface area contributed by atoms with Gasteiger partial charge in [-0.2, -0.15) is 0 Å². The highest BCUT2D eigenvalue weighted by molar-refractivity contribution is 6.12. The van der Waals surface area contributed by atoms with E-state index in [1.54, 1.807) is 14.0 Å². The number of carbonyl (C=O) groups excluding carboxylic acids is 2. The van der Waals surface area contributed by atoms with Crippen LogP contribution in [0.1, 0.15) is 52.0 Å². The number of para-hydroxylation sites is 1. The van der Waals surface area contributed by atoms with E-state index in [1.807, 2.05) is 31.2 Å². The van der Waals surface area contributed by atoms with Crippen LogP contribution in [0.25, 0.3) is 0 Å². The van der Waals surface area contributed by atoms with Gasteiger partial charge in [0.15, 0.2) is 0 Å². The molecule has 0 amide bonds. The van der Waals surface area contributed by atoms with E-state index in [9.17, 15) is 9.59 Å². The lowest BCUT2D eigenvalue weighted by Crippen LogP contribution is -2.44. The molecule has 1 saturated carbocycles. The van der Waals surface area contributed by atoms with Crippen LogP contribution in [0.5, 0.6) is 5.75 Å². The standard InChI is InChI=1S/C22H27NO4/c1-6-27-21(25)18-13(2)23-15-11-22(3,4)12-16(24)20(15)19(18)14-9-7-8-10-17(14)26-5/h7-10,19-20H,6,11-12H2,1-5H3/t19-,20-/m0/s1. The van der Waals surface area contributed by atoms with E-state index in [1.165, 1.54) is 0 Å². The zero-order chi connectivity index (χ0) is 19.8. The smallest absolute Gasteiger partial charge is 0.336 e. The second-order valence-electron chi connectivity index (χ2n) is 8.00. The Hall–Kier alpha value is -2.43. The lowest BCUT2D eigenvalue weighted by molar-refractivity contribution is -0.139. The molecule has 1 aromatic carbocycles. The molecule has 0 N–H and O–H groups in total. The number of ether oxygens (including phenoxy) is 2. The number of nitrogens with zero attached hydrogens (tertiary/aromatic N) is 1. The van der Waals surface area contributed by atoms with Crippen molar-refractivity contribution in [1.29, 1.82) is 0 Å². The van der Waals surface area contributed by atoms with E-state index in [-0.39, 0.29) is 17.8 Å². The Labute approximate surface area is 160 Å². The summed E-state index contributed by atoms with van der Waals surface area (Å²) in [5, 5.41) is 0. The summed E-state index contributed by atoms with van der Waals surface area (Å²) in [6, 6.07) is 7.56. The van der Waals surface area contributed by atoms with Gasteiger partial charge in [0.05, 0.1) is 25.2 Å². The average Bonchev–Trinajstić information content (AvgIpc) is 2.59. The minimum absolute atomic E-state index is 0.121. The van der Waals surface area contributed by atoms with Crippen molar-refractivity contribution in [2.75, 3.05) is 13.7 Å². The van der Waals surface area contributed by atoms with Crippen molar-refractivity contribution < 1.29 is 19.1 Å². The first kappa shape index (κ1) is 19.3. The molecule has 1 fully saturated rings. The van der Waals surface area contributed by atoms with Crippen molar-refractivity contribution in [3.8, 4) is 5.75 Å². The van der Waals surface area contributed by atoms with Gasteiger partial charge in [0.25, 0.3) is 0 Å². The van der Waals surface area contributed by atoms with Crippen LogP contribution in [-0.4, -0.2) is 31.2 Å². The van der Waals surface area contributed by atoms with E-state index in [0.29, 0.717) is 23.4 Å². The predicted octanol–water partition coefficient (Wildman–Crippen LogP) is 4.08. The summed E-state index contributed by atoms with van der Waals surface area (Å²) < 4.78 is 10.9. The van der Waals surface area contributed by atoms with E-state index in [4.69, 9.17) is 14.5 Å². The summed E-state index contributed by atoms with van der Waals surface area (Å²) in [7, 11) is 1.60. The van der Waals surface area contributed by atoms with Gasteiger partial charge in [-0.3, -0.25) is 9.79 Å². The Kier molecular flexibility index (Phi) is 5.22. The van der Waals surface area contributed by atoms with E-state index in [2.05, 4.69) is 13.8 Å². The van der Waals surface area contributed by atoms with Gasteiger partial charge in [-0.15, -0.1) is 0 Å². The van der Waals surface area contributed by atoms with Crippen molar-refractivity contribution in [1.82, 2.24) is 0 Å². The molecule has 3 rings (SSSR count). The van der Waals surface area contributed by atoms with Gasteiger partial charge < -0.3 is 9.47 Å². The van der Waals surface area contributed by atoms with Crippen LogP contribution in [0, 0.1) is 11.3 Å². The molecule has 0 spiro atoms. The Bertz CT molecular complexity index is 834. The number of ketones is 1. The van der Waals surface area contributed by atoms with Crippen molar-refractivity contribution in [3.05, 3.63) is 41.1 Å². The van der Waals surface area contributed by atoms with E-state index in [0.717, 1.165) is 17.7 Å². The molecule has 1 heterocycles. The maximum absolute atomic E-state index is 13.2. The molecule has 5 nitrogen and oxygen atoms in total. The molecule has 0 radical (unpaired) electrons. The van der Waals surface area contributed by atoms with Crippen LogP contribution in [0.4, 0.5) is 0 Å². The molecule has 0 unspecified atom stereocenters. The highest BCUT2D eigenvalue weighted by atomic mass is 16.5. The third-order valence-corrected chi connectivity index (χ3v) is 5.33. The number of allylic oxidation sites excluding steroid dienone is 1. The molecular weight excluding hydrogens is 342 g/mol. The Morgan fingerprint density at radius 1 is 1.22 bits per heavy atom. The Morgan fingerprint density at radius 2 is 1.93 bits per heavy atom. The van der Waals surface area contributed by atoms with Gasteiger partial charge in [0.2, 0.25) is 0 Å². The molecule has 2 atom stereocenters. The van der Waals surface area contributed by atoms with E-state index >= 15 is 0 Å². The average molecular weight is 369 g/mol. The summed E-state index contributed by atoms with van der Waals surface area (Å²) in [6.45, 7) is 8.04. The normalized spacial score (nSPS) is 24.2. The molecule has 1 aliphatic carbocycles. The topological polar surface area (TPSA) is 65.0 Å². The molecule has 27 heavy (non-hydrogen) atoms. The lowest BCUT2D eigenvalue weighted by atomic mass is 9.63. The number of aliphatic imine (C=N–C) groups is 1. The van der Waals surface area contributed by atoms with Crippen molar-refractivity contribution in [2.24, 2.45) is 16.3 Å². The fourth-order valence-electron chi connectivity index (χ4n) is 4.33. The summed E-state index contributed by atoms with van der Waals surface area (Å²) in [5.41, 5.74) is 2.65. The zero-order valence-electron chi connectivity index (χ0n) is 16.7. The molecule has 1 aromatic rings. The first-order chi connectivity index (χ1) is 12.8. The van der Waals surface area contributed by atoms with Crippen LogP contribution in [0.15, 0.2) is 40.5 Å². The molecule has 144 valence electrons. The highest BCUT2D eigenvalue weighted by Crippen LogP contribution is 2.48. The monoisotopic (exact) mass is 369 g/mol. The van der Waals surface area contributed by atoms with Crippen LogP contribution in [-0.2, 0) is 14.3 Å². The molecule has 1 aliphatic heterocycles. The number of fused-ring (bicyclic) bond motifs is 1. The predicted molar refractivity (Wildman–Crippen MR) is 104 cm³/mol. The summed E-state index contributed by atoms with van der Waals surface area (Å²) >= 11 is 0. The first-order valence-electron chi connectivity index (χ1n) is 9.40. The number of carbonyl (C=O) groups is 2. The van der Waals surface area contributed by atoms with Crippen LogP contribution in [0.3, 0.4) is 0 Å². The summed E-state index contributed by atoms with van der Waals surface area (Å²) in [4.78, 5) is 30.7. The Balaban J connectivity index is 2.21. The van der Waals surface area contributed by atoms with Gasteiger partial charge in [-0.25, -0.2) is 4.79 Å². The second kappa shape index (κ2) is 7.29. The fraction of sp³-hybridized carbons (Fsp3) is 0.500. The fourth-order valence-corrected chi connectivity index (χ4v) is 4.33. The minimum atomic E-state index is -0.447. The quantitative estimate of drug-likeness (QED) is 0.750. The largest absolute Gasteiger partial charge is 0.496 e. The molecular formula is C22H27NO4. The lowest BCUT2D eigenvalue weighted by Gasteiger charge is -2.41. The third kappa shape index (κ3) is 3.55. The molecule has 0 aromatic heterocycles. The summed E-state index contributed by atoms with van der Waals surface area (Å²) in [6.07, 6.45) is 1.21. The maximum atomic E-state index is 13.2. The van der Waals surface area contributed by atoms with Gasteiger partial charge >= 0.3 is 5.97 Å². The highest BCUT2D eigenvalue weighted by Gasteiger charge is 2.48. The number of esters is 1. The number of benzene rings is 1. The molecule has 5 heteroatoms. The van der Waals surface area contributed by atoms with Gasteiger partial charge in [0, 0.05) is 29.3 Å². The molecule has 0 saturated heterocycles. The van der Waals surface area contributed by atoms with E-state index < -0.39 is 17.8 Å². The van der Waals surface area contributed by atoms with Crippen molar-refractivity contribution in [3.63, 3.8) is 0 Å². The maximum Gasteiger partial charge on any atom is 0.336 e. The van der Waals surface area contributed by atoms with Crippen LogP contribution < -0.4 is 4.74 Å². The zero-order valence-corrected chi connectivity index (χ0v) is 16.7. The number of rotatable bonds is 4. The van der Waals surface area contributed by atoms with Crippen LogP contribution in [0.2, 0.25) is 0 Å². The van der Waals surface area contributed by atoms with Crippen molar-refractivity contribution in [2.45, 2.75) is 46.5 Å². The SMILES string of the molecule is CCOC(=O)C1=C(C)N=C2CC(C)(C)CC(=O)[C@H]2[C@H]1c1ccccc1OC. The number of hydrogen-bond donors (Lipinski definition) is 0. The number of methoxy groups -OCH3 is 1. The Morgan fingerprint density at radius 3 is 2.59 bits per heavy atom. The summed E-state index contributed by atoms with van der Waals surface area (Å²) in [5.74, 6) is -0.508. The second-order valence-corrected chi connectivity index (χ2v) is 8.00. The molecule has 0 bridgehead atoms. The number of hydrogen-bond acceptors (Lipinski definition) is 5. The van der Waals surface area contributed by atoms with Crippen molar-refractivity contribution >= 4 is 17.5 Å². The minimum Gasteiger partial charge on any atom is -0.496 e. The molecule has 2 aliphatic rings. The van der Waals surface area contributed by atoms with Gasteiger partial charge in [0.1, 0.15) is 11.5 Å². The number of Topliss-reactive ketones (excluding diaryl/α,β-unsaturated/α-hetero) is 1. The van der Waals surface area contributed by atoms with Gasteiger partial charge in [-0.1, -0.05) is 32.0 Å². The first-order valence-corrected chi connectivity index (χ1v) is 9.40. The van der Waals surface area contributed by atoms with Gasteiger partial charge in [-0.05, 0) is 31.7 Å². The third-order valence-electron chi connectivity index (χ3n) is 5.33.